The van der Waals surface area contributed by atoms with Gasteiger partial charge in [0.2, 0.25) is 0 Å². The summed E-state index contributed by atoms with van der Waals surface area (Å²) in [5, 5.41) is 0. The lowest BCUT2D eigenvalue weighted by Crippen LogP contribution is -2.55. The smallest absolute Gasteiger partial charge is 0.0765 e. The van der Waals surface area contributed by atoms with Crippen LogP contribution in [0.25, 0.3) is 0 Å². The first kappa shape index (κ1) is 18.6. The molecule has 0 unspecified atom stereocenters. The summed E-state index contributed by atoms with van der Waals surface area (Å²) in [7, 11) is 0. The molecule has 0 amide bonds. The van der Waals surface area contributed by atoms with E-state index in [-0.39, 0.29) is 0 Å². The minimum atomic E-state index is -0.692. The fourth-order valence-corrected chi connectivity index (χ4v) is 2.09. The Bertz CT molecular complexity index is 212. The maximum Gasteiger partial charge on any atom is 0.0765 e. The van der Waals surface area contributed by atoms with Gasteiger partial charge in [-0.3, -0.25) is 0 Å². The summed E-state index contributed by atoms with van der Waals surface area (Å²) in [5.41, 5.74) is 16.3. The van der Waals surface area contributed by atoms with E-state index in [1.807, 2.05) is 0 Å². The second-order valence-electron chi connectivity index (χ2n) is 5.71. The largest absolute Gasteiger partial charge is 0.328 e. The molecule has 0 spiro atoms. The summed E-state index contributed by atoms with van der Waals surface area (Å²) >= 11 is 0. The van der Waals surface area contributed by atoms with Crippen molar-refractivity contribution in [2.75, 3.05) is 6.54 Å². The Morgan fingerprint density at radius 3 is 1.89 bits per heavy atom. The van der Waals surface area contributed by atoms with Crippen molar-refractivity contribution in [1.82, 2.24) is 0 Å². The van der Waals surface area contributed by atoms with Gasteiger partial charge in [0.25, 0.3) is 0 Å². The van der Waals surface area contributed by atoms with Gasteiger partial charge in [0.05, 0.1) is 5.66 Å². The molecule has 0 aliphatic carbocycles. The molecule has 0 rings (SSSR count). The average molecular weight is 269 g/mol. The first-order valence-electron chi connectivity index (χ1n) is 8.05. The zero-order chi connectivity index (χ0) is 14.4. The van der Waals surface area contributed by atoms with Gasteiger partial charge in [-0.2, -0.15) is 0 Å². The van der Waals surface area contributed by atoms with E-state index < -0.39 is 5.66 Å². The molecular formula is C16H35N3. The van der Waals surface area contributed by atoms with Crippen LogP contribution in [-0.4, -0.2) is 12.2 Å². The predicted octanol–water partition coefficient (Wildman–Crippen LogP) is 3.43. The maximum absolute atomic E-state index is 5.77. The highest BCUT2D eigenvalue weighted by Gasteiger charge is 2.14. The van der Waals surface area contributed by atoms with Gasteiger partial charge in [-0.1, -0.05) is 64.0 Å². The monoisotopic (exact) mass is 269 g/mol. The molecule has 6 N–H and O–H groups in total. The lowest BCUT2D eigenvalue weighted by molar-refractivity contribution is 0.422. The SMILES string of the molecule is CCCCCCCCCC/C=C/CCC(N)(N)CN. The van der Waals surface area contributed by atoms with Crippen molar-refractivity contribution in [1.29, 1.82) is 0 Å². The number of allylic oxidation sites excluding steroid dienone is 2. The van der Waals surface area contributed by atoms with Crippen molar-refractivity contribution in [3.63, 3.8) is 0 Å². The summed E-state index contributed by atoms with van der Waals surface area (Å²) in [6.45, 7) is 2.61. The van der Waals surface area contributed by atoms with Crippen LogP contribution in [0.3, 0.4) is 0 Å². The predicted molar refractivity (Wildman–Crippen MR) is 85.8 cm³/mol. The third-order valence-electron chi connectivity index (χ3n) is 3.55. The standard InChI is InChI=1S/C16H35N3/c1-2-3-4-5-6-7-8-9-10-11-12-13-14-16(18,19)15-17/h11-12H,2-10,13-15,17-19H2,1H3/b12-11+. The third-order valence-corrected chi connectivity index (χ3v) is 3.55. The molecule has 0 atom stereocenters. The van der Waals surface area contributed by atoms with Crippen molar-refractivity contribution in [3.05, 3.63) is 12.2 Å². The van der Waals surface area contributed by atoms with E-state index in [9.17, 15) is 0 Å². The van der Waals surface area contributed by atoms with Crippen molar-refractivity contribution in [2.45, 2.75) is 83.2 Å². The van der Waals surface area contributed by atoms with E-state index in [2.05, 4.69) is 19.1 Å². The summed E-state index contributed by atoms with van der Waals surface area (Å²) in [6.07, 6.45) is 18.3. The molecule has 3 heteroatoms. The Balaban J connectivity index is 3.21. The van der Waals surface area contributed by atoms with Crippen LogP contribution < -0.4 is 17.2 Å². The maximum atomic E-state index is 5.77. The molecule has 0 aromatic rings. The molecule has 19 heavy (non-hydrogen) atoms. The van der Waals surface area contributed by atoms with Crippen LogP contribution in [0, 0.1) is 0 Å². The van der Waals surface area contributed by atoms with Crippen LogP contribution in [-0.2, 0) is 0 Å². The summed E-state index contributed by atoms with van der Waals surface area (Å²) < 4.78 is 0. The van der Waals surface area contributed by atoms with Crippen molar-refractivity contribution >= 4 is 0 Å². The van der Waals surface area contributed by atoms with Crippen molar-refractivity contribution < 1.29 is 0 Å². The zero-order valence-electron chi connectivity index (χ0n) is 12.9. The molecule has 0 saturated carbocycles. The minimum absolute atomic E-state index is 0.346. The Kier molecular flexibility index (Phi) is 12.4. The van der Waals surface area contributed by atoms with E-state index in [1.54, 1.807) is 0 Å². The zero-order valence-corrected chi connectivity index (χ0v) is 12.9. The number of nitrogens with two attached hydrogens (primary N) is 3. The molecule has 0 heterocycles. The number of hydrogen-bond acceptors (Lipinski definition) is 3. The van der Waals surface area contributed by atoms with Gasteiger partial charge in [0, 0.05) is 6.54 Å². The van der Waals surface area contributed by atoms with Crippen LogP contribution in [0.5, 0.6) is 0 Å². The van der Waals surface area contributed by atoms with Gasteiger partial charge < -0.3 is 17.2 Å². The lowest BCUT2D eigenvalue weighted by Gasteiger charge is -2.20. The van der Waals surface area contributed by atoms with Gasteiger partial charge in [0.1, 0.15) is 0 Å². The van der Waals surface area contributed by atoms with Crippen molar-refractivity contribution in [3.8, 4) is 0 Å². The number of unbranched alkanes of at least 4 members (excludes halogenated alkanes) is 8. The molecule has 0 aliphatic rings. The molecule has 0 aromatic carbocycles. The van der Waals surface area contributed by atoms with E-state index in [0.717, 1.165) is 12.8 Å². The first-order chi connectivity index (χ1) is 9.12. The van der Waals surface area contributed by atoms with Gasteiger partial charge in [-0.25, -0.2) is 0 Å². The molecule has 0 bridgehead atoms. The molecule has 0 saturated heterocycles. The van der Waals surface area contributed by atoms with Gasteiger partial charge in [0.15, 0.2) is 0 Å². The second kappa shape index (κ2) is 12.6. The highest BCUT2D eigenvalue weighted by atomic mass is 15.0. The van der Waals surface area contributed by atoms with Crippen molar-refractivity contribution in [2.24, 2.45) is 17.2 Å². The van der Waals surface area contributed by atoms with Gasteiger partial charge in [-0.15, -0.1) is 0 Å². The van der Waals surface area contributed by atoms with Gasteiger partial charge in [-0.05, 0) is 25.7 Å². The Morgan fingerprint density at radius 1 is 0.789 bits per heavy atom. The molecule has 0 fully saturated rings. The molecule has 3 nitrogen and oxygen atoms in total. The Morgan fingerprint density at radius 2 is 1.32 bits per heavy atom. The first-order valence-corrected chi connectivity index (χ1v) is 8.05. The Labute approximate surface area is 120 Å². The second-order valence-corrected chi connectivity index (χ2v) is 5.71. The highest BCUT2D eigenvalue weighted by Crippen LogP contribution is 2.10. The minimum Gasteiger partial charge on any atom is -0.328 e. The van der Waals surface area contributed by atoms with Crippen LogP contribution in [0.1, 0.15) is 77.6 Å². The van der Waals surface area contributed by atoms with Crippen LogP contribution in [0.4, 0.5) is 0 Å². The lowest BCUT2D eigenvalue weighted by atomic mass is 10.1. The van der Waals surface area contributed by atoms with Crippen LogP contribution >= 0.6 is 0 Å². The summed E-state index contributed by atoms with van der Waals surface area (Å²) in [4.78, 5) is 0. The summed E-state index contributed by atoms with van der Waals surface area (Å²) in [6, 6.07) is 0. The van der Waals surface area contributed by atoms with Gasteiger partial charge >= 0.3 is 0 Å². The van der Waals surface area contributed by atoms with E-state index in [1.165, 1.54) is 57.8 Å². The fraction of sp³-hybridized carbons (Fsp3) is 0.875. The molecular weight excluding hydrogens is 234 g/mol. The van der Waals surface area contributed by atoms with Crippen LogP contribution in [0.2, 0.25) is 0 Å². The Hall–Kier alpha value is -0.380. The van der Waals surface area contributed by atoms with Crippen LogP contribution in [0.15, 0.2) is 12.2 Å². The normalized spacial score (nSPS) is 12.4. The number of rotatable bonds is 13. The number of hydrogen-bond donors (Lipinski definition) is 3. The third kappa shape index (κ3) is 13.8. The van der Waals surface area contributed by atoms with E-state index in [0.29, 0.717) is 6.54 Å². The highest BCUT2D eigenvalue weighted by molar-refractivity contribution is 4.86. The molecule has 0 aromatic heterocycles. The average Bonchev–Trinajstić information content (AvgIpc) is 2.40. The fourth-order valence-electron chi connectivity index (χ4n) is 2.09. The topological polar surface area (TPSA) is 78.1 Å². The van der Waals surface area contributed by atoms with E-state index in [4.69, 9.17) is 17.2 Å². The molecule has 0 aliphatic heterocycles. The van der Waals surface area contributed by atoms with E-state index >= 15 is 0 Å². The quantitative estimate of drug-likeness (QED) is 0.272. The molecule has 114 valence electrons. The summed E-state index contributed by atoms with van der Waals surface area (Å²) in [5.74, 6) is 0. The molecule has 0 radical (unpaired) electrons.